The molecule has 0 bridgehead atoms. The van der Waals surface area contributed by atoms with Crippen molar-refractivity contribution in [2.45, 2.75) is 11.9 Å². The second-order valence-corrected chi connectivity index (χ2v) is 6.59. The molecule has 1 aromatic carbocycles. The van der Waals surface area contributed by atoms with Crippen LogP contribution in [0.1, 0.15) is 15.9 Å². The number of rotatable bonds is 3. The molecule has 0 saturated carbocycles. The van der Waals surface area contributed by atoms with Gasteiger partial charge in [-0.25, -0.2) is 13.4 Å². The van der Waals surface area contributed by atoms with Gasteiger partial charge < -0.3 is 11.1 Å². The molecule has 1 heterocycles. The number of pyridine rings is 1. The van der Waals surface area contributed by atoms with Gasteiger partial charge in [-0.3, -0.25) is 4.79 Å². The summed E-state index contributed by atoms with van der Waals surface area (Å²) in [5, 5.41) is 2.61. The molecule has 0 atom stereocenters. The smallest absolute Gasteiger partial charge is 0.256 e. The summed E-state index contributed by atoms with van der Waals surface area (Å²) in [4.78, 5) is 16.0. The van der Waals surface area contributed by atoms with E-state index in [1.54, 1.807) is 25.1 Å². The number of amides is 1. The van der Waals surface area contributed by atoms with Crippen LogP contribution in [0.25, 0.3) is 0 Å². The molecular formula is C14H15N3O3S. The van der Waals surface area contributed by atoms with Gasteiger partial charge in [-0.1, -0.05) is 6.07 Å². The maximum atomic E-state index is 12.2. The van der Waals surface area contributed by atoms with Crippen molar-refractivity contribution in [1.29, 1.82) is 0 Å². The minimum atomic E-state index is -3.35. The zero-order chi connectivity index (χ0) is 15.6. The Bertz CT molecular complexity index is 784. The molecule has 2 rings (SSSR count). The van der Waals surface area contributed by atoms with Gasteiger partial charge in [0.05, 0.1) is 11.9 Å². The number of nitrogen functional groups attached to an aromatic ring is 1. The van der Waals surface area contributed by atoms with E-state index in [1.165, 1.54) is 18.3 Å². The monoisotopic (exact) mass is 305 g/mol. The molecule has 110 valence electrons. The highest BCUT2D eigenvalue weighted by atomic mass is 32.2. The number of anilines is 2. The summed E-state index contributed by atoms with van der Waals surface area (Å²) in [7, 11) is -3.35. The summed E-state index contributed by atoms with van der Waals surface area (Å²) in [6.07, 6.45) is 2.37. The van der Waals surface area contributed by atoms with E-state index in [2.05, 4.69) is 10.3 Å². The molecule has 21 heavy (non-hydrogen) atoms. The van der Waals surface area contributed by atoms with Crippen molar-refractivity contribution in [3.8, 4) is 0 Å². The number of benzene rings is 1. The molecule has 0 aliphatic heterocycles. The zero-order valence-electron chi connectivity index (χ0n) is 11.6. The topological polar surface area (TPSA) is 102 Å². The predicted octanol–water partition coefficient (Wildman–Crippen LogP) is 1.63. The molecule has 0 saturated heterocycles. The van der Waals surface area contributed by atoms with Gasteiger partial charge in [0.15, 0.2) is 14.9 Å². The van der Waals surface area contributed by atoms with Crippen molar-refractivity contribution in [3.05, 3.63) is 47.7 Å². The molecule has 6 nitrogen and oxygen atoms in total. The van der Waals surface area contributed by atoms with Crippen LogP contribution in [0.2, 0.25) is 0 Å². The van der Waals surface area contributed by atoms with E-state index in [1.807, 2.05) is 0 Å². The van der Waals surface area contributed by atoms with Gasteiger partial charge in [-0.15, -0.1) is 0 Å². The molecule has 1 amide bonds. The summed E-state index contributed by atoms with van der Waals surface area (Å²) in [6.45, 7) is 1.76. The highest BCUT2D eigenvalue weighted by Crippen LogP contribution is 2.17. The third-order valence-corrected chi connectivity index (χ3v) is 4.00. The van der Waals surface area contributed by atoms with Crippen molar-refractivity contribution in [1.82, 2.24) is 4.98 Å². The van der Waals surface area contributed by atoms with Gasteiger partial charge in [0, 0.05) is 17.5 Å². The van der Waals surface area contributed by atoms with Gasteiger partial charge >= 0.3 is 0 Å². The standard InChI is InChI=1S/C14H15N3O3S/c1-9-11(4-3-5-12(9)15)14(18)17-10-6-7-13(16-8-10)21(2,19)20/h3-8H,15H2,1-2H3,(H,17,18). The zero-order valence-corrected chi connectivity index (χ0v) is 12.4. The number of carbonyl (C=O) groups is 1. The molecule has 0 fully saturated rings. The number of aromatic nitrogens is 1. The Morgan fingerprint density at radius 2 is 1.95 bits per heavy atom. The Kier molecular flexibility index (Phi) is 3.95. The first-order valence-electron chi connectivity index (χ1n) is 6.11. The number of nitrogens with one attached hydrogen (secondary N) is 1. The Hall–Kier alpha value is -2.41. The summed E-state index contributed by atoms with van der Waals surface area (Å²) in [6, 6.07) is 7.91. The number of nitrogens with two attached hydrogens (primary N) is 1. The normalized spacial score (nSPS) is 11.1. The fourth-order valence-electron chi connectivity index (χ4n) is 1.77. The fourth-order valence-corrected chi connectivity index (χ4v) is 2.33. The van der Waals surface area contributed by atoms with Crippen molar-refractivity contribution in [2.75, 3.05) is 17.3 Å². The Balaban J connectivity index is 2.22. The average Bonchev–Trinajstić information content (AvgIpc) is 2.41. The maximum Gasteiger partial charge on any atom is 0.256 e. The van der Waals surface area contributed by atoms with Crippen molar-refractivity contribution in [3.63, 3.8) is 0 Å². The molecule has 3 N–H and O–H groups in total. The predicted molar refractivity (Wildman–Crippen MR) is 80.9 cm³/mol. The SMILES string of the molecule is Cc1c(N)cccc1C(=O)Nc1ccc(S(C)(=O)=O)nc1. The lowest BCUT2D eigenvalue weighted by Gasteiger charge is -2.09. The molecule has 0 spiro atoms. The van der Waals surface area contributed by atoms with E-state index >= 15 is 0 Å². The molecule has 7 heteroatoms. The number of hydrogen-bond acceptors (Lipinski definition) is 5. The van der Waals surface area contributed by atoms with Crippen LogP contribution in [-0.2, 0) is 9.84 Å². The third kappa shape index (κ3) is 3.38. The molecular weight excluding hydrogens is 290 g/mol. The summed E-state index contributed by atoms with van der Waals surface area (Å²) < 4.78 is 22.6. The van der Waals surface area contributed by atoms with E-state index in [-0.39, 0.29) is 10.9 Å². The Labute approximate surface area is 122 Å². The van der Waals surface area contributed by atoms with E-state index in [9.17, 15) is 13.2 Å². The molecule has 1 aromatic heterocycles. The first kappa shape index (κ1) is 15.0. The lowest BCUT2D eigenvalue weighted by Crippen LogP contribution is -2.14. The third-order valence-electron chi connectivity index (χ3n) is 2.99. The van der Waals surface area contributed by atoms with Crippen LogP contribution < -0.4 is 11.1 Å². The van der Waals surface area contributed by atoms with Crippen LogP contribution in [0.5, 0.6) is 0 Å². The van der Waals surface area contributed by atoms with Gasteiger partial charge in [-0.05, 0) is 36.8 Å². The van der Waals surface area contributed by atoms with E-state index < -0.39 is 9.84 Å². The highest BCUT2D eigenvalue weighted by molar-refractivity contribution is 7.90. The first-order chi connectivity index (χ1) is 9.79. The van der Waals surface area contributed by atoms with Crippen LogP contribution >= 0.6 is 0 Å². The molecule has 0 unspecified atom stereocenters. The van der Waals surface area contributed by atoms with E-state index in [0.717, 1.165) is 6.26 Å². The molecule has 0 aliphatic rings. The lowest BCUT2D eigenvalue weighted by molar-refractivity contribution is 0.102. The Morgan fingerprint density at radius 3 is 2.52 bits per heavy atom. The van der Waals surface area contributed by atoms with Crippen molar-refractivity contribution < 1.29 is 13.2 Å². The molecule has 2 aromatic rings. The van der Waals surface area contributed by atoms with Crippen LogP contribution in [0.4, 0.5) is 11.4 Å². The largest absolute Gasteiger partial charge is 0.398 e. The second kappa shape index (κ2) is 5.53. The van der Waals surface area contributed by atoms with E-state index in [0.29, 0.717) is 22.5 Å². The van der Waals surface area contributed by atoms with Crippen molar-refractivity contribution in [2.24, 2.45) is 0 Å². The maximum absolute atomic E-state index is 12.2. The fraction of sp³-hybridized carbons (Fsp3) is 0.143. The molecule has 0 radical (unpaired) electrons. The van der Waals surface area contributed by atoms with Crippen LogP contribution in [0.3, 0.4) is 0 Å². The number of nitrogens with zero attached hydrogens (tertiary/aromatic N) is 1. The van der Waals surface area contributed by atoms with Gasteiger partial charge in [0.2, 0.25) is 0 Å². The van der Waals surface area contributed by atoms with Crippen molar-refractivity contribution >= 4 is 27.1 Å². The molecule has 0 aliphatic carbocycles. The average molecular weight is 305 g/mol. The number of carbonyl (C=O) groups excluding carboxylic acids is 1. The van der Waals surface area contributed by atoms with Gasteiger partial charge in [-0.2, -0.15) is 0 Å². The van der Waals surface area contributed by atoms with Crippen LogP contribution in [0, 0.1) is 6.92 Å². The van der Waals surface area contributed by atoms with Gasteiger partial charge in [0.1, 0.15) is 0 Å². The lowest BCUT2D eigenvalue weighted by atomic mass is 10.1. The second-order valence-electron chi connectivity index (χ2n) is 4.63. The minimum Gasteiger partial charge on any atom is -0.398 e. The summed E-state index contributed by atoms with van der Waals surface area (Å²) in [5.41, 5.74) is 7.86. The summed E-state index contributed by atoms with van der Waals surface area (Å²) in [5.74, 6) is -0.325. The van der Waals surface area contributed by atoms with Crippen LogP contribution in [-0.4, -0.2) is 25.6 Å². The quantitative estimate of drug-likeness (QED) is 0.839. The number of sulfone groups is 1. The highest BCUT2D eigenvalue weighted by Gasteiger charge is 2.12. The number of hydrogen-bond donors (Lipinski definition) is 2. The Morgan fingerprint density at radius 1 is 1.24 bits per heavy atom. The van der Waals surface area contributed by atoms with E-state index in [4.69, 9.17) is 5.73 Å². The minimum absolute atomic E-state index is 0.0411. The summed E-state index contributed by atoms with van der Waals surface area (Å²) >= 11 is 0. The first-order valence-corrected chi connectivity index (χ1v) is 8.01. The van der Waals surface area contributed by atoms with Crippen LogP contribution in [0.15, 0.2) is 41.6 Å². The van der Waals surface area contributed by atoms with Gasteiger partial charge in [0.25, 0.3) is 5.91 Å².